The van der Waals surface area contributed by atoms with Crippen LogP contribution in [0.1, 0.15) is 57.4 Å². The van der Waals surface area contributed by atoms with Crippen LogP contribution in [0.2, 0.25) is 0 Å². The first-order valence-corrected chi connectivity index (χ1v) is 11.7. The Morgan fingerprint density at radius 1 is 1.03 bits per heavy atom. The average molecular weight is 494 g/mol. The number of nitrogens with zero attached hydrogens (tertiary/aromatic N) is 1. The van der Waals surface area contributed by atoms with E-state index in [1.807, 2.05) is 32.9 Å². The van der Waals surface area contributed by atoms with Crippen LogP contribution in [0, 0.1) is 19.4 Å². The molecule has 0 bridgehead atoms. The maximum absolute atomic E-state index is 13.8. The highest BCUT2D eigenvalue weighted by Gasteiger charge is 2.36. The Labute approximate surface area is 213 Å². The Morgan fingerprint density at radius 2 is 1.61 bits per heavy atom. The predicted molar refractivity (Wildman–Crippen MR) is 138 cm³/mol. The second-order valence-corrected chi connectivity index (χ2v) is 9.88. The van der Waals surface area contributed by atoms with Gasteiger partial charge in [0.05, 0.1) is 0 Å². The molecule has 0 saturated heterocycles. The number of aromatic hydroxyl groups is 1. The van der Waals surface area contributed by atoms with Crippen LogP contribution in [0.5, 0.6) is 5.75 Å². The summed E-state index contributed by atoms with van der Waals surface area (Å²) in [5, 5.41) is 15.0. The van der Waals surface area contributed by atoms with Crippen molar-refractivity contribution in [1.29, 1.82) is 0 Å². The summed E-state index contributed by atoms with van der Waals surface area (Å²) in [4.78, 5) is 40.6. The standard InChI is InChI=1S/C28H35N3O5/c1-8-31(24(25(33)29-18(2)3)21-13-9-19(4)10-14-21)26(34)23(30-27(35)36-28(5,6)7)17-20-11-15-22(32)16-12-20/h1,9-16,18,23-24,32H,17H2,2-7H3,(H,29,33)(H,30,35). The van der Waals surface area contributed by atoms with E-state index in [9.17, 15) is 19.5 Å². The number of alkyl carbamates (subject to hydrolysis) is 1. The lowest BCUT2D eigenvalue weighted by Crippen LogP contribution is -2.52. The lowest BCUT2D eigenvalue weighted by Gasteiger charge is -2.31. The molecule has 36 heavy (non-hydrogen) atoms. The minimum Gasteiger partial charge on any atom is -0.508 e. The molecule has 3 N–H and O–H groups in total. The van der Waals surface area contributed by atoms with Crippen LogP contribution in [-0.4, -0.2) is 45.6 Å². The zero-order valence-electron chi connectivity index (χ0n) is 21.7. The van der Waals surface area contributed by atoms with Crippen LogP contribution < -0.4 is 10.6 Å². The zero-order valence-corrected chi connectivity index (χ0v) is 21.7. The van der Waals surface area contributed by atoms with Crippen molar-refractivity contribution >= 4 is 17.9 Å². The van der Waals surface area contributed by atoms with Gasteiger partial charge in [0.15, 0.2) is 0 Å². The zero-order chi connectivity index (χ0) is 27.0. The van der Waals surface area contributed by atoms with E-state index in [2.05, 4.69) is 16.7 Å². The third-order valence-electron chi connectivity index (χ3n) is 5.07. The molecule has 2 rings (SSSR count). The smallest absolute Gasteiger partial charge is 0.408 e. The van der Waals surface area contributed by atoms with E-state index in [4.69, 9.17) is 11.2 Å². The number of amides is 3. The first-order chi connectivity index (χ1) is 16.8. The van der Waals surface area contributed by atoms with Gasteiger partial charge in [0.2, 0.25) is 5.91 Å². The topological polar surface area (TPSA) is 108 Å². The summed E-state index contributed by atoms with van der Waals surface area (Å²) < 4.78 is 5.36. The molecule has 0 saturated carbocycles. The molecule has 0 aliphatic heterocycles. The highest BCUT2D eigenvalue weighted by Crippen LogP contribution is 2.24. The molecule has 0 aromatic heterocycles. The number of benzene rings is 2. The van der Waals surface area contributed by atoms with E-state index < -0.39 is 35.6 Å². The fourth-order valence-corrected chi connectivity index (χ4v) is 3.48. The molecular formula is C28H35N3O5. The van der Waals surface area contributed by atoms with Crippen molar-refractivity contribution in [1.82, 2.24) is 15.5 Å². The molecule has 2 unspecified atom stereocenters. The van der Waals surface area contributed by atoms with Crippen LogP contribution in [-0.2, 0) is 20.7 Å². The van der Waals surface area contributed by atoms with Gasteiger partial charge in [-0.1, -0.05) is 48.4 Å². The lowest BCUT2D eigenvalue weighted by molar-refractivity contribution is -0.138. The molecule has 0 fully saturated rings. The lowest BCUT2D eigenvalue weighted by atomic mass is 10.00. The van der Waals surface area contributed by atoms with Gasteiger partial charge in [-0.25, -0.2) is 4.79 Å². The summed E-state index contributed by atoms with van der Waals surface area (Å²) in [7, 11) is 0. The van der Waals surface area contributed by atoms with Crippen molar-refractivity contribution in [3.63, 3.8) is 0 Å². The monoisotopic (exact) mass is 493 g/mol. The van der Waals surface area contributed by atoms with E-state index in [1.54, 1.807) is 45.0 Å². The van der Waals surface area contributed by atoms with E-state index >= 15 is 0 Å². The van der Waals surface area contributed by atoms with Crippen molar-refractivity contribution < 1.29 is 24.2 Å². The second-order valence-electron chi connectivity index (χ2n) is 9.88. The van der Waals surface area contributed by atoms with Crippen molar-refractivity contribution in [2.75, 3.05) is 0 Å². The van der Waals surface area contributed by atoms with Gasteiger partial charge in [0.25, 0.3) is 5.91 Å². The van der Waals surface area contributed by atoms with Gasteiger partial charge in [0.1, 0.15) is 23.4 Å². The SMILES string of the molecule is C#CN(C(=O)C(Cc1ccc(O)cc1)NC(=O)OC(C)(C)C)C(C(=O)NC(C)C)c1ccc(C)cc1. The third-order valence-corrected chi connectivity index (χ3v) is 5.07. The Morgan fingerprint density at radius 3 is 2.11 bits per heavy atom. The number of rotatable bonds is 8. The van der Waals surface area contributed by atoms with Crippen LogP contribution in [0.4, 0.5) is 4.79 Å². The molecule has 0 radical (unpaired) electrons. The maximum atomic E-state index is 13.8. The third kappa shape index (κ3) is 8.35. The quantitative estimate of drug-likeness (QED) is 0.383. The Hall–Kier alpha value is -3.99. The summed E-state index contributed by atoms with van der Waals surface area (Å²) >= 11 is 0. The number of hydrogen-bond acceptors (Lipinski definition) is 5. The fourth-order valence-electron chi connectivity index (χ4n) is 3.48. The normalized spacial score (nSPS) is 12.7. The largest absolute Gasteiger partial charge is 0.508 e. The average Bonchev–Trinajstić information content (AvgIpc) is 2.77. The van der Waals surface area contributed by atoms with Crippen LogP contribution in [0.15, 0.2) is 48.5 Å². The van der Waals surface area contributed by atoms with Gasteiger partial charge in [-0.05, 0) is 64.8 Å². The first kappa shape index (κ1) is 28.2. The van der Waals surface area contributed by atoms with E-state index in [0.717, 1.165) is 10.5 Å². The molecule has 3 amide bonds. The second kappa shape index (κ2) is 12.1. The predicted octanol–water partition coefficient (Wildman–Crippen LogP) is 3.82. The number of hydrogen-bond donors (Lipinski definition) is 3. The van der Waals surface area contributed by atoms with Gasteiger partial charge in [0, 0.05) is 18.5 Å². The molecule has 192 valence electrons. The minimum absolute atomic E-state index is 0.0585. The number of aryl methyl sites for hydroxylation is 1. The molecule has 0 aliphatic carbocycles. The van der Waals surface area contributed by atoms with Crippen molar-refractivity contribution in [2.45, 2.75) is 71.7 Å². The van der Waals surface area contributed by atoms with Gasteiger partial charge in [-0.15, -0.1) is 0 Å². The highest BCUT2D eigenvalue weighted by molar-refractivity contribution is 5.93. The summed E-state index contributed by atoms with van der Waals surface area (Å²) in [6.07, 6.45) is 5.05. The van der Waals surface area contributed by atoms with E-state index in [0.29, 0.717) is 11.1 Å². The fraction of sp³-hybridized carbons (Fsp3) is 0.393. The molecular weight excluding hydrogens is 458 g/mol. The summed E-state index contributed by atoms with van der Waals surface area (Å²) in [6, 6.07) is 13.3. The Balaban J connectivity index is 2.47. The Bertz CT molecular complexity index is 1100. The number of phenolic OH excluding ortho intramolecular Hbond substituents is 1. The molecule has 2 atom stereocenters. The maximum Gasteiger partial charge on any atom is 0.408 e. The van der Waals surface area contributed by atoms with Crippen molar-refractivity contribution in [3.8, 4) is 18.2 Å². The molecule has 0 spiro atoms. The number of carbonyl (C=O) groups excluding carboxylic acids is 3. The van der Waals surface area contributed by atoms with Crippen LogP contribution in [0.3, 0.4) is 0 Å². The minimum atomic E-state index is -1.14. The summed E-state index contributed by atoms with van der Waals surface area (Å²) in [5.41, 5.74) is 1.39. The van der Waals surface area contributed by atoms with E-state index in [1.165, 1.54) is 12.1 Å². The van der Waals surface area contributed by atoms with Gasteiger partial charge in [-0.2, -0.15) is 0 Å². The van der Waals surface area contributed by atoms with Crippen molar-refractivity contribution in [2.24, 2.45) is 0 Å². The Kier molecular flexibility index (Phi) is 9.51. The molecule has 8 heteroatoms. The highest BCUT2D eigenvalue weighted by atomic mass is 16.6. The van der Waals surface area contributed by atoms with Gasteiger partial charge in [-0.3, -0.25) is 14.5 Å². The van der Waals surface area contributed by atoms with Crippen LogP contribution >= 0.6 is 0 Å². The molecule has 2 aromatic carbocycles. The van der Waals surface area contributed by atoms with Crippen molar-refractivity contribution in [3.05, 3.63) is 65.2 Å². The number of carbonyl (C=O) groups is 3. The number of phenols is 1. The molecule has 8 nitrogen and oxygen atoms in total. The molecule has 0 aliphatic rings. The first-order valence-electron chi connectivity index (χ1n) is 11.7. The summed E-state index contributed by atoms with van der Waals surface area (Å²) in [5.74, 6) is -1.03. The molecule has 2 aromatic rings. The van der Waals surface area contributed by atoms with Crippen LogP contribution in [0.25, 0.3) is 0 Å². The summed E-state index contributed by atoms with van der Waals surface area (Å²) in [6.45, 7) is 10.7. The number of nitrogens with one attached hydrogen (secondary N) is 2. The van der Waals surface area contributed by atoms with Gasteiger partial charge < -0.3 is 20.5 Å². The molecule has 0 heterocycles. The van der Waals surface area contributed by atoms with E-state index in [-0.39, 0.29) is 18.2 Å². The number of ether oxygens (including phenoxy) is 1. The van der Waals surface area contributed by atoms with Gasteiger partial charge >= 0.3 is 6.09 Å². The number of terminal acetylenes is 1.